The van der Waals surface area contributed by atoms with Crippen molar-refractivity contribution in [3.05, 3.63) is 51.9 Å². The van der Waals surface area contributed by atoms with Gasteiger partial charge in [0.05, 0.1) is 6.54 Å². The highest BCUT2D eigenvalue weighted by Gasteiger charge is 2.09. The van der Waals surface area contributed by atoms with Crippen LogP contribution in [0, 0.1) is 0 Å². The molecule has 0 aliphatic heterocycles. The van der Waals surface area contributed by atoms with Crippen LogP contribution in [0.2, 0.25) is 5.02 Å². The zero-order valence-electron chi connectivity index (χ0n) is 12.1. The maximum atomic E-state index is 12.0. The summed E-state index contributed by atoms with van der Waals surface area (Å²) in [7, 11) is -1.17. The van der Waals surface area contributed by atoms with E-state index in [0.29, 0.717) is 23.7 Å². The van der Waals surface area contributed by atoms with Gasteiger partial charge in [0.25, 0.3) is 5.91 Å². The number of carbonyl (C=O) groups is 1. The summed E-state index contributed by atoms with van der Waals surface area (Å²) in [6, 6.07) is 10.4. The minimum Gasteiger partial charge on any atom is -0.347 e. The molecule has 22 heavy (non-hydrogen) atoms. The van der Waals surface area contributed by atoms with Gasteiger partial charge in [-0.25, -0.2) is 8.93 Å². The summed E-state index contributed by atoms with van der Waals surface area (Å²) in [6.45, 7) is 3.15. The van der Waals surface area contributed by atoms with E-state index in [2.05, 4.69) is 10.0 Å². The predicted octanol–water partition coefficient (Wildman–Crippen LogP) is 3.35. The molecular weight excluding hydrogens is 340 g/mol. The number of carbonyl (C=O) groups excluding carboxylic acids is 1. The minimum atomic E-state index is -1.17. The molecule has 1 heterocycles. The number of rotatable bonds is 7. The van der Waals surface area contributed by atoms with Crippen LogP contribution in [0.25, 0.3) is 0 Å². The first-order valence-corrected chi connectivity index (χ1v) is 9.22. The summed E-state index contributed by atoms with van der Waals surface area (Å²) in [5, 5.41) is 3.44. The van der Waals surface area contributed by atoms with E-state index >= 15 is 0 Å². The first-order valence-electron chi connectivity index (χ1n) is 6.88. The van der Waals surface area contributed by atoms with Crippen LogP contribution >= 0.6 is 22.9 Å². The molecule has 0 fully saturated rings. The molecule has 1 unspecified atom stereocenters. The van der Waals surface area contributed by atoms with E-state index in [1.807, 2.05) is 19.1 Å². The molecule has 118 valence electrons. The van der Waals surface area contributed by atoms with Crippen LogP contribution in [0.4, 0.5) is 0 Å². The second-order valence-electron chi connectivity index (χ2n) is 4.57. The van der Waals surface area contributed by atoms with Gasteiger partial charge in [-0.3, -0.25) is 4.79 Å². The number of thiophene rings is 1. The van der Waals surface area contributed by atoms with Gasteiger partial charge in [0, 0.05) is 22.0 Å². The van der Waals surface area contributed by atoms with Gasteiger partial charge in [-0.15, -0.1) is 11.3 Å². The van der Waals surface area contributed by atoms with Gasteiger partial charge < -0.3 is 5.32 Å². The number of hydrogen-bond acceptors (Lipinski definition) is 3. The third-order valence-corrected chi connectivity index (χ3v) is 5.64. The molecular formula is C15H17ClN2O2S2. The van der Waals surface area contributed by atoms with Gasteiger partial charge in [-0.2, -0.15) is 0 Å². The molecule has 2 N–H and O–H groups in total. The molecule has 0 saturated carbocycles. The summed E-state index contributed by atoms with van der Waals surface area (Å²) in [5.41, 5.74) is 0.564. The number of halogens is 1. The van der Waals surface area contributed by atoms with E-state index < -0.39 is 11.0 Å². The van der Waals surface area contributed by atoms with Crippen molar-refractivity contribution >= 4 is 39.8 Å². The van der Waals surface area contributed by atoms with E-state index in [-0.39, 0.29) is 5.91 Å². The fourth-order valence-corrected chi connectivity index (χ4v) is 4.01. The van der Waals surface area contributed by atoms with E-state index in [9.17, 15) is 9.00 Å². The van der Waals surface area contributed by atoms with Gasteiger partial charge in [0.15, 0.2) is 0 Å². The Balaban J connectivity index is 1.89. The fourth-order valence-electron chi connectivity index (χ4n) is 1.69. The Morgan fingerprint density at radius 3 is 2.64 bits per heavy atom. The molecule has 0 bridgehead atoms. The largest absolute Gasteiger partial charge is 0.347 e. The van der Waals surface area contributed by atoms with E-state index in [0.717, 1.165) is 15.5 Å². The summed E-state index contributed by atoms with van der Waals surface area (Å²) in [4.78, 5) is 13.0. The number of amides is 1. The highest BCUT2D eigenvalue weighted by atomic mass is 35.5. The molecule has 0 spiro atoms. The first kappa shape index (κ1) is 17.1. The summed E-state index contributed by atoms with van der Waals surface area (Å²) in [6.07, 6.45) is 0.932. The second kappa shape index (κ2) is 8.43. The van der Waals surface area contributed by atoms with Gasteiger partial charge >= 0.3 is 0 Å². The predicted molar refractivity (Wildman–Crippen MR) is 91.6 cm³/mol. The Kier molecular flexibility index (Phi) is 6.57. The minimum absolute atomic E-state index is 0.156. The molecule has 4 nitrogen and oxygen atoms in total. The van der Waals surface area contributed by atoms with Gasteiger partial charge in [-0.05, 0) is 42.8 Å². The Morgan fingerprint density at radius 2 is 1.95 bits per heavy atom. The molecule has 1 atom stereocenters. The van der Waals surface area contributed by atoms with Crippen molar-refractivity contribution in [1.82, 2.24) is 10.0 Å². The molecule has 0 aliphatic rings. The van der Waals surface area contributed by atoms with Crippen molar-refractivity contribution in [3.8, 4) is 0 Å². The van der Waals surface area contributed by atoms with E-state index in [4.69, 9.17) is 11.6 Å². The topological polar surface area (TPSA) is 58.2 Å². The van der Waals surface area contributed by atoms with E-state index in [1.165, 1.54) is 11.3 Å². The second-order valence-corrected chi connectivity index (χ2v) is 7.70. The van der Waals surface area contributed by atoms with Crippen LogP contribution in [-0.2, 0) is 17.5 Å². The van der Waals surface area contributed by atoms with Crippen LogP contribution in [0.5, 0.6) is 0 Å². The first-order chi connectivity index (χ1) is 10.6. The smallest absolute Gasteiger partial charge is 0.251 e. The number of nitrogens with one attached hydrogen (secondary N) is 2. The molecule has 2 rings (SSSR count). The number of hydrogen-bond donors (Lipinski definition) is 2. The lowest BCUT2D eigenvalue weighted by Crippen LogP contribution is -2.22. The average Bonchev–Trinajstić information content (AvgIpc) is 3.00. The highest BCUT2D eigenvalue weighted by molar-refractivity contribution is 7.85. The third kappa shape index (κ3) is 4.91. The van der Waals surface area contributed by atoms with Gasteiger partial charge in [0.1, 0.15) is 15.2 Å². The summed E-state index contributed by atoms with van der Waals surface area (Å²) in [5.74, 6) is -0.156. The van der Waals surface area contributed by atoms with Crippen LogP contribution in [0.3, 0.4) is 0 Å². The van der Waals surface area contributed by atoms with Crippen molar-refractivity contribution in [3.63, 3.8) is 0 Å². The molecule has 1 aromatic carbocycles. The maximum absolute atomic E-state index is 12.0. The zero-order valence-corrected chi connectivity index (χ0v) is 14.5. The van der Waals surface area contributed by atoms with Crippen LogP contribution in [-0.4, -0.2) is 16.7 Å². The zero-order chi connectivity index (χ0) is 15.9. The monoisotopic (exact) mass is 356 g/mol. The van der Waals surface area contributed by atoms with Crippen LogP contribution < -0.4 is 10.0 Å². The highest BCUT2D eigenvalue weighted by Crippen LogP contribution is 2.19. The molecule has 7 heteroatoms. The van der Waals surface area contributed by atoms with Crippen molar-refractivity contribution in [2.45, 2.75) is 24.1 Å². The van der Waals surface area contributed by atoms with E-state index in [1.54, 1.807) is 24.3 Å². The van der Waals surface area contributed by atoms with Crippen molar-refractivity contribution in [2.75, 3.05) is 6.54 Å². The van der Waals surface area contributed by atoms with Crippen LogP contribution in [0.1, 0.15) is 28.6 Å². The maximum Gasteiger partial charge on any atom is 0.251 e. The van der Waals surface area contributed by atoms with Crippen molar-refractivity contribution in [2.24, 2.45) is 0 Å². The standard InChI is InChI=1S/C15H17ClN2O2S2/c1-2-9-18-22(20)14-8-7-13(21-14)10-17-15(19)11-3-5-12(16)6-4-11/h3-8,18H,2,9-10H2,1H3,(H,17,19). The third-order valence-electron chi connectivity index (χ3n) is 2.83. The van der Waals surface area contributed by atoms with Crippen LogP contribution in [0.15, 0.2) is 40.6 Å². The quantitative estimate of drug-likeness (QED) is 0.799. The summed E-state index contributed by atoms with van der Waals surface area (Å²) < 4.78 is 15.6. The lowest BCUT2D eigenvalue weighted by atomic mass is 10.2. The van der Waals surface area contributed by atoms with Gasteiger partial charge in [0.2, 0.25) is 0 Å². The molecule has 0 saturated heterocycles. The summed E-state index contributed by atoms with van der Waals surface area (Å²) >= 11 is 7.23. The molecule has 1 aromatic heterocycles. The van der Waals surface area contributed by atoms with Gasteiger partial charge in [-0.1, -0.05) is 18.5 Å². The molecule has 2 aromatic rings. The Hall–Kier alpha value is -1.21. The fraction of sp³-hybridized carbons (Fsp3) is 0.267. The average molecular weight is 357 g/mol. The molecule has 0 aliphatic carbocycles. The molecule has 0 radical (unpaired) electrons. The molecule has 1 amide bonds. The lowest BCUT2D eigenvalue weighted by molar-refractivity contribution is 0.0951. The SMILES string of the molecule is CCCNS(=O)c1ccc(CNC(=O)c2ccc(Cl)cc2)s1. The van der Waals surface area contributed by atoms with Crippen molar-refractivity contribution < 1.29 is 9.00 Å². The Bertz CT molecular complexity index is 656. The van der Waals surface area contributed by atoms with Crippen molar-refractivity contribution in [1.29, 1.82) is 0 Å². The lowest BCUT2D eigenvalue weighted by Gasteiger charge is -2.03. The Labute approximate surface area is 141 Å². The Morgan fingerprint density at radius 1 is 1.23 bits per heavy atom. The normalized spacial score (nSPS) is 12.1. The number of benzene rings is 1.